The number of hydrogen-bond acceptors (Lipinski definition) is 7. The summed E-state index contributed by atoms with van der Waals surface area (Å²) >= 11 is 0. The van der Waals surface area contributed by atoms with Crippen LogP contribution in [-0.2, 0) is 6.54 Å². The number of nitrogens with zero attached hydrogens (tertiary/aromatic N) is 4. The van der Waals surface area contributed by atoms with Crippen molar-refractivity contribution in [2.75, 3.05) is 4.90 Å². The number of furan rings is 1. The molecule has 0 spiro atoms. The monoisotopic (exact) mass is 376 g/mol. The number of nitriles is 1. The lowest BCUT2D eigenvalue weighted by Gasteiger charge is -2.46. The van der Waals surface area contributed by atoms with Crippen LogP contribution in [0.15, 0.2) is 59.6 Å². The average Bonchev–Trinajstić information content (AvgIpc) is 3.21. The lowest BCUT2D eigenvalue weighted by molar-refractivity contribution is -0.0592. The molecule has 0 amide bonds. The molecular formula is C21H20N4O3. The summed E-state index contributed by atoms with van der Waals surface area (Å²) in [4.78, 5) is 10.5. The van der Waals surface area contributed by atoms with Crippen LogP contribution < -0.4 is 9.64 Å². The van der Waals surface area contributed by atoms with Crippen molar-refractivity contribution in [3.8, 4) is 11.8 Å². The number of aliphatic hydroxyl groups excluding tert-OH is 1. The van der Waals surface area contributed by atoms with Crippen molar-refractivity contribution in [2.24, 2.45) is 0 Å². The van der Waals surface area contributed by atoms with E-state index < -0.39 is 17.7 Å². The van der Waals surface area contributed by atoms with Crippen molar-refractivity contribution in [1.29, 1.82) is 5.26 Å². The summed E-state index contributed by atoms with van der Waals surface area (Å²) < 4.78 is 11.6. The van der Waals surface area contributed by atoms with Gasteiger partial charge in [0.15, 0.2) is 0 Å². The van der Waals surface area contributed by atoms with Crippen molar-refractivity contribution < 1.29 is 14.3 Å². The highest BCUT2D eigenvalue weighted by atomic mass is 16.5. The van der Waals surface area contributed by atoms with E-state index in [1.54, 1.807) is 43.1 Å². The predicted octanol–water partition coefficient (Wildman–Crippen LogP) is 3.22. The summed E-state index contributed by atoms with van der Waals surface area (Å²) in [6.45, 7) is 4.06. The van der Waals surface area contributed by atoms with E-state index in [0.29, 0.717) is 23.7 Å². The zero-order valence-corrected chi connectivity index (χ0v) is 15.6. The van der Waals surface area contributed by atoms with E-state index in [9.17, 15) is 10.4 Å². The number of ether oxygens (including phenoxy) is 1. The van der Waals surface area contributed by atoms with Crippen LogP contribution in [0, 0.1) is 11.3 Å². The second kappa shape index (κ2) is 6.98. The number of aromatic nitrogens is 2. The number of aliphatic hydroxyl groups is 1. The zero-order chi connectivity index (χ0) is 19.7. The Balaban J connectivity index is 1.87. The molecule has 142 valence electrons. The van der Waals surface area contributed by atoms with Crippen LogP contribution in [0.1, 0.15) is 36.8 Å². The van der Waals surface area contributed by atoms with Crippen LogP contribution in [0.4, 0.5) is 5.82 Å². The maximum absolute atomic E-state index is 11.2. The Hall–Kier alpha value is -3.37. The standard InChI is InChI=1S/C21H20N4O3/c1-21(2)20(26)19(16-10-14(11-22)5-6-17(16)28-21)25(13-15-4-3-9-27-15)18-12-23-7-8-24-18/h3-10,12,19-20,26H,13H2,1-2H3/t19?,20-/m1/s1. The Morgan fingerprint density at radius 1 is 1.29 bits per heavy atom. The summed E-state index contributed by atoms with van der Waals surface area (Å²) in [6.07, 6.45) is 5.57. The molecule has 0 saturated carbocycles. The van der Waals surface area contributed by atoms with E-state index in [1.165, 1.54) is 0 Å². The van der Waals surface area contributed by atoms with E-state index in [2.05, 4.69) is 16.0 Å². The highest BCUT2D eigenvalue weighted by Crippen LogP contribution is 2.44. The Kier molecular flexibility index (Phi) is 4.49. The molecule has 0 bridgehead atoms. The van der Waals surface area contributed by atoms with Crippen molar-refractivity contribution in [3.05, 3.63) is 72.1 Å². The Morgan fingerprint density at radius 2 is 2.14 bits per heavy atom. The van der Waals surface area contributed by atoms with Gasteiger partial charge < -0.3 is 19.2 Å². The van der Waals surface area contributed by atoms with Gasteiger partial charge in [0, 0.05) is 18.0 Å². The molecule has 0 saturated heterocycles. The van der Waals surface area contributed by atoms with E-state index in [4.69, 9.17) is 9.15 Å². The summed E-state index contributed by atoms with van der Waals surface area (Å²) in [5.74, 6) is 1.95. The van der Waals surface area contributed by atoms with Gasteiger partial charge in [-0.15, -0.1) is 0 Å². The molecule has 3 aromatic rings. The molecule has 1 aliphatic rings. The van der Waals surface area contributed by atoms with Gasteiger partial charge in [0.1, 0.15) is 29.0 Å². The van der Waals surface area contributed by atoms with Crippen molar-refractivity contribution in [1.82, 2.24) is 9.97 Å². The molecule has 7 nitrogen and oxygen atoms in total. The molecule has 0 aliphatic carbocycles. The predicted molar refractivity (Wildman–Crippen MR) is 102 cm³/mol. The fraction of sp³-hybridized carbons (Fsp3) is 0.286. The first-order valence-electron chi connectivity index (χ1n) is 8.96. The Bertz CT molecular complexity index is 996. The van der Waals surface area contributed by atoms with Gasteiger partial charge in [0.2, 0.25) is 0 Å². The van der Waals surface area contributed by atoms with Crippen LogP contribution >= 0.6 is 0 Å². The second-order valence-corrected chi connectivity index (χ2v) is 7.23. The highest BCUT2D eigenvalue weighted by molar-refractivity contribution is 5.51. The molecule has 1 unspecified atom stereocenters. The lowest BCUT2D eigenvalue weighted by Crippen LogP contribution is -2.53. The maximum atomic E-state index is 11.2. The van der Waals surface area contributed by atoms with Gasteiger partial charge in [0.25, 0.3) is 0 Å². The average molecular weight is 376 g/mol. The first-order chi connectivity index (χ1) is 13.5. The van der Waals surface area contributed by atoms with E-state index in [0.717, 1.165) is 11.3 Å². The van der Waals surface area contributed by atoms with Crippen LogP contribution in [0.5, 0.6) is 5.75 Å². The number of benzene rings is 1. The molecule has 2 aromatic heterocycles. The lowest BCUT2D eigenvalue weighted by atomic mass is 9.85. The zero-order valence-electron chi connectivity index (χ0n) is 15.6. The maximum Gasteiger partial charge on any atom is 0.148 e. The van der Waals surface area contributed by atoms with Crippen LogP contribution in [-0.4, -0.2) is 26.8 Å². The minimum atomic E-state index is -0.883. The first-order valence-corrected chi connectivity index (χ1v) is 8.96. The third-order valence-electron chi connectivity index (χ3n) is 4.93. The topological polar surface area (TPSA) is 95.4 Å². The van der Waals surface area contributed by atoms with Gasteiger partial charge in [0.05, 0.1) is 36.7 Å². The number of rotatable bonds is 4. The minimum Gasteiger partial charge on any atom is -0.485 e. The van der Waals surface area contributed by atoms with Crippen molar-refractivity contribution in [2.45, 2.75) is 38.1 Å². The molecule has 4 rings (SSSR count). The van der Waals surface area contributed by atoms with Gasteiger partial charge in [-0.1, -0.05) is 0 Å². The molecule has 0 radical (unpaired) electrons. The van der Waals surface area contributed by atoms with Gasteiger partial charge in [-0.05, 0) is 44.2 Å². The second-order valence-electron chi connectivity index (χ2n) is 7.23. The molecule has 1 aromatic carbocycles. The third kappa shape index (κ3) is 3.19. The fourth-order valence-electron chi connectivity index (χ4n) is 3.51. The van der Waals surface area contributed by atoms with E-state index in [-0.39, 0.29) is 0 Å². The van der Waals surface area contributed by atoms with Gasteiger partial charge in [-0.3, -0.25) is 4.98 Å². The summed E-state index contributed by atoms with van der Waals surface area (Å²) in [5.41, 5.74) is 0.384. The van der Waals surface area contributed by atoms with Crippen LogP contribution in [0.2, 0.25) is 0 Å². The first kappa shape index (κ1) is 18.0. The highest BCUT2D eigenvalue weighted by Gasteiger charge is 2.46. The largest absolute Gasteiger partial charge is 0.485 e. The summed E-state index contributed by atoms with van der Waals surface area (Å²) in [6, 6.07) is 10.6. The molecule has 1 N–H and O–H groups in total. The van der Waals surface area contributed by atoms with Crippen LogP contribution in [0.25, 0.3) is 0 Å². The minimum absolute atomic E-state index is 0.375. The van der Waals surface area contributed by atoms with Gasteiger partial charge in [-0.2, -0.15) is 5.26 Å². The fourth-order valence-corrected chi connectivity index (χ4v) is 3.51. The molecule has 7 heteroatoms. The number of fused-ring (bicyclic) bond motifs is 1. The molecular weight excluding hydrogens is 356 g/mol. The SMILES string of the molecule is CC1(C)Oc2ccc(C#N)cc2C(N(Cc2ccco2)c2cnccn2)[C@H]1O. The van der Waals surface area contributed by atoms with E-state index >= 15 is 0 Å². The Labute approximate surface area is 162 Å². The normalized spacial score (nSPS) is 19.9. The molecule has 1 aliphatic heterocycles. The number of hydrogen-bond donors (Lipinski definition) is 1. The van der Waals surface area contributed by atoms with Gasteiger partial charge in [-0.25, -0.2) is 4.98 Å². The van der Waals surface area contributed by atoms with Crippen LogP contribution in [0.3, 0.4) is 0 Å². The smallest absolute Gasteiger partial charge is 0.148 e. The molecule has 3 heterocycles. The van der Waals surface area contributed by atoms with Gasteiger partial charge >= 0.3 is 0 Å². The summed E-state index contributed by atoms with van der Waals surface area (Å²) in [5, 5.41) is 20.6. The van der Waals surface area contributed by atoms with Crippen molar-refractivity contribution >= 4 is 5.82 Å². The summed E-state index contributed by atoms with van der Waals surface area (Å²) in [7, 11) is 0. The van der Waals surface area contributed by atoms with E-state index in [1.807, 2.05) is 30.9 Å². The van der Waals surface area contributed by atoms with Crippen molar-refractivity contribution in [3.63, 3.8) is 0 Å². The Morgan fingerprint density at radius 3 is 2.82 bits per heavy atom. The third-order valence-corrected chi connectivity index (χ3v) is 4.93. The molecule has 2 atom stereocenters. The molecule has 28 heavy (non-hydrogen) atoms. The number of anilines is 1. The molecule has 0 fully saturated rings. The quantitative estimate of drug-likeness (QED) is 0.747.